The van der Waals surface area contributed by atoms with Crippen molar-refractivity contribution in [3.05, 3.63) is 58.1 Å². The van der Waals surface area contributed by atoms with E-state index in [0.29, 0.717) is 34.8 Å². The van der Waals surface area contributed by atoms with Crippen LogP contribution in [-0.4, -0.2) is 49.6 Å². The first-order valence-corrected chi connectivity index (χ1v) is 11.5. The van der Waals surface area contributed by atoms with Crippen molar-refractivity contribution in [3.63, 3.8) is 0 Å². The highest BCUT2D eigenvalue weighted by Gasteiger charge is 2.31. The molecule has 1 unspecified atom stereocenters. The molecule has 1 aromatic heterocycles. The van der Waals surface area contributed by atoms with Crippen LogP contribution in [0.2, 0.25) is 10.0 Å². The molecule has 4 rings (SSSR count). The maximum absolute atomic E-state index is 13.2. The number of carboxylic acid groups (broad SMARTS) is 1. The van der Waals surface area contributed by atoms with Gasteiger partial charge in [-0.3, -0.25) is 5.32 Å². The van der Waals surface area contributed by atoms with E-state index in [1.165, 1.54) is 24.3 Å². The predicted octanol–water partition coefficient (Wildman–Crippen LogP) is 3.70. The maximum Gasteiger partial charge on any atom is 0.337 e. The molecule has 31 heavy (non-hydrogen) atoms. The minimum atomic E-state index is -3.88. The molecule has 1 atom stereocenters. The molecule has 1 fully saturated rings. The number of aromatic carboxylic acids is 1. The molecule has 0 spiro atoms. The van der Waals surface area contributed by atoms with E-state index in [4.69, 9.17) is 27.9 Å². The van der Waals surface area contributed by atoms with Gasteiger partial charge in [0, 0.05) is 17.0 Å². The van der Waals surface area contributed by atoms with Crippen LogP contribution in [0.1, 0.15) is 10.4 Å². The van der Waals surface area contributed by atoms with Gasteiger partial charge >= 0.3 is 5.97 Å². The Morgan fingerprint density at radius 2 is 2.03 bits per heavy atom. The summed E-state index contributed by atoms with van der Waals surface area (Å²) in [5.74, 6) is -1.18. The minimum Gasteiger partial charge on any atom is -0.478 e. The standard InChI is InChI=1S/C20H17Cl2N3O5S/c21-11-4-5-15-13(8-11)16(25-19-12(20(26)27)2-1-3-14(19)22)9-17(24-15)31(28,29)18-10-30-7-6-23-18/h1-5,8-9,18,23H,6-7,10H2,(H,24,25)(H,26,27). The summed E-state index contributed by atoms with van der Waals surface area (Å²) in [6, 6.07) is 10.6. The quantitative estimate of drug-likeness (QED) is 0.504. The molecule has 8 nitrogen and oxygen atoms in total. The minimum absolute atomic E-state index is 0.000887. The molecule has 0 bridgehead atoms. The van der Waals surface area contributed by atoms with Crippen LogP contribution in [0.15, 0.2) is 47.5 Å². The van der Waals surface area contributed by atoms with E-state index in [1.54, 1.807) is 18.2 Å². The molecule has 3 aromatic rings. The van der Waals surface area contributed by atoms with Gasteiger partial charge in [0.15, 0.2) is 5.03 Å². The number of rotatable bonds is 5. The molecule has 1 aliphatic heterocycles. The van der Waals surface area contributed by atoms with Gasteiger partial charge in [-0.15, -0.1) is 0 Å². The van der Waals surface area contributed by atoms with Gasteiger partial charge in [0.1, 0.15) is 5.37 Å². The van der Waals surface area contributed by atoms with Crippen molar-refractivity contribution < 1.29 is 23.1 Å². The fourth-order valence-electron chi connectivity index (χ4n) is 3.27. The highest BCUT2D eigenvalue weighted by molar-refractivity contribution is 7.92. The first-order chi connectivity index (χ1) is 14.8. The largest absolute Gasteiger partial charge is 0.478 e. The second-order valence-corrected chi connectivity index (χ2v) is 9.75. The lowest BCUT2D eigenvalue weighted by Crippen LogP contribution is -2.46. The van der Waals surface area contributed by atoms with E-state index < -0.39 is 21.2 Å². The van der Waals surface area contributed by atoms with Gasteiger partial charge in [-0.05, 0) is 36.4 Å². The number of hydrogen-bond acceptors (Lipinski definition) is 7. The van der Waals surface area contributed by atoms with Crippen molar-refractivity contribution in [1.29, 1.82) is 0 Å². The zero-order valence-electron chi connectivity index (χ0n) is 15.9. The molecule has 2 heterocycles. The number of aromatic nitrogens is 1. The van der Waals surface area contributed by atoms with Gasteiger partial charge in [-0.25, -0.2) is 18.2 Å². The molecule has 0 aliphatic carbocycles. The number of carbonyl (C=O) groups is 1. The Balaban J connectivity index is 1.89. The van der Waals surface area contributed by atoms with Crippen LogP contribution in [0.25, 0.3) is 10.9 Å². The molecule has 0 saturated carbocycles. The van der Waals surface area contributed by atoms with Gasteiger partial charge in [-0.1, -0.05) is 29.3 Å². The van der Waals surface area contributed by atoms with Gasteiger partial charge in [0.2, 0.25) is 9.84 Å². The van der Waals surface area contributed by atoms with Crippen molar-refractivity contribution in [2.75, 3.05) is 25.1 Å². The van der Waals surface area contributed by atoms with Crippen LogP contribution < -0.4 is 10.6 Å². The number of halogens is 2. The van der Waals surface area contributed by atoms with Gasteiger partial charge < -0.3 is 15.2 Å². The summed E-state index contributed by atoms with van der Waals surface area (Å²) < 4.78 is 31.6. The number of morpholine rings is 1. The molecule has 1 saturated heterocycles. The van der Waals surface area contributed by atoms with Crippen LogP contribution in [0, 0.1) is 0 Å². The lowest BCUT2D eigenvalue weighted by molar-refractivity contribution is 0.0698. The van der Waals surface area contributed by atoms with Gasteiger partial charge in [0.05, 0.1) is 40.7 Å². The topological polar surface area (TPSA) is 118 Å². The van der Waals surface area contributed by atoms with Crippen LogP contribution in [0.5, 0.6) is 0 Å². The molecule has 2 aromatic carbocycles. The maximum atomic E-state index is 13.2. The summed E-state index contributed by atoms with van der Waals surface area (Å²) in [6.07, 6.45) is 0. The van der Waals surface area contributed by atoms with Crippen molar-refractivity contribution in [2.24, 2.45) is 0 Å². The average Bonchev–Trinajstić information content (AvgIpc) is 2.75. The predicted molar refractivity (Wildman–Crippen MR) is 118 cm³/mol. The Morgan fingerprint density at radius 1 is 1.23 bits per heavy atom. The number of carboxylic acids is 1. The van der Waals surface area contributed by atoms with E-state index in [9.17, 15) is 18.3 Å². The Morgan fingerprint density at radius 3 is 2.74 bits per heavy atom. The summed E-state index contributed by atoms with van der Waals surface area (Å²) >= 11 is 12.4. The highest BCUT2D eigenvalue weighted by atomic mass is 35.5. The second-order valence-electron chi connectivity index (χ2n) is 6.82. The summed E-state index contributed by atoms with van der Waals surface area (Å²) in [7, 11) is -3.88. The van der Waals surface area contributed by atoms with Crippen molar-refractivity contribution in [1.82, 2.24) is 10.3 Å². The van der Waals surface area contributed by atoms with E-state index >= 15 is 0 Å². The molecular formula is C20H17Cl2N3O5S. The van der Waals surface area contributed by atoms with E-state index in [0.717, 1.165) is 0 Å². The van der Waals surface area contributed by atoms with Crippen molar-refractivity contribution in [3.8, 4) is 0 Å². The van der Waals surface area contributed by atoms with Crippen LogP contribution in [-0.2, 0) is 14.6 Å². The fourth-order valence-corrected chi connectivity index (χ4v) is 5.08. The van der Waals surface area contributed by atoms with Crippen LogP contribution >= 0.6 is 23.2 Å². The number of benzene rings is 2. The summed E-state index contributed by atoms with van der Waals surface area (Å²) in [5.41, 5.74) is 0.741. The lowest BCUT2D eigenvalue weighted by atomic mass is 10.1. The summed E-state index contributed by atoms with van der Waals surface area (Å²) in [4.78, 5) is 16.0. The van der Waals surface area contributed by atoms with Gasteiger partial charge in [-0.2, -0.15) is 0 Å². The Kier molecular flexibility index (Phi) is 6.05. The average molecular weight is 482 g/mol. The van der Waals surface area contributed by atoms with E-state index in [-0.39, 0.29) is 27.9 Å². The smallest absolute Gasteiger partial charge is 0.337 e. The van der Waals surface area contributed by atoms with E-state index in [2.05, 4.69) is 15.6 Å². The van der Waals surface area contributed by atoms with Crippen molar-refractivity contribution >= 4 is 61.3 Å². The number of anilines is 2. The SMILES string of the molecule is O=C(O)c1cccc(Cl)c1Nc1cc(S(=O)(=O)C2COCCN2)nc2ccc(Cl)cc12. The van der Waals surface area contributed by atoms with E-state index in [1.807, 2.05) is 0 Å². The van der Waals surface area contributed by atoms with Crippen LogP contribution in [0.4, 0.5) is 11.4 Å². The third-order valence-electron chi connectivity index (χ3n) is 4.80. The summed E-state index contributed by atoms with van der Waals surface area (Å²) in [6.45, 7) is 0.825. The fraction of sp³-hybridized carbons (Fsp3) is 0.200. The molecule has 3 N–H and O–H groups in total. The molecular weight excluding hydrogens is 465 g/mol. The Hall–Kier alpha value is -2.43. The summed E-state index contributed by atoms with van der Waals surface area (Å²) in [5, 5.41) is 15.4. The molecule has 0 amide bonds. The number of fused-ring (bicyclic) bond motifs is 1. The lowest BCUT2D eigenvalue weighted by Gasteiger charge is -2.24. The molecule has 1 aliphatic rings. The number of pyridine rings is 1. The molecule has 11 heteroatoms. The number of sulfone groups is 1. The Labute approximate surface area is 188 Å². The third kappa shape index (κ3) is 4.32. The number of para-hydroxylation sites is 1. The zero-order chi connectivity index (χ0) is 22.2. The normalized spacial score (nSPS) is 16.9. The number of nitrogens with one attached hydrogen (secondary N) is 2. The monoisotopic (exact) mass is 481 g/mol. The van der Waals surface area contributed by atoms with Crippen molar-refractivity contribution in [2.45, 2.75) is 10.4 Å². The first kappa shape index (κ1) is 21.8. The number of nitrogens with zero attached hydrogens (tertiary/aromatic N) is 1. The molecule has 162 valence electrons. The number of ether oxygens (including phenoxy) is 1. The molecule has 0 radical (unpaired) electrons. The Bertz CT molecular complexity index is 1280. The highest BCUT2D eigenvalue weighted by Crippen LogP contribution is 2.35. The number of hydrogen-bond donors (Lipinski definition) is 3. The van der Waals surface area contributed by atoms with Gasteiger partial charge in [0.25, 0.3) is 0 Å². The zero-order valence-corrected chi connectivity index (χ0v) is 18.3. The van der Waals surface area contributed by atoms with Crippen LogP contribution in [0.3, 0.4) is 0 Å². The third-order valence-corrected chi connectivity index (χ3v) is 7.20. The first-order valence-electron chi connectivity index (χ1n) is 9.21. The second kappa shape index (κ2) is 8.60.